The minimum Gasteiger partial charge on any atom is -0.342 e. The number of aryl methyl sites for hydroxylation is 1. The van der Waals surface area contributed by atoms with Gasteiger partial charge >= 0.3 is 0 Å². The molecule has 0 aromatic carbocycles. The maximum absolute atomic E-state index is 12.9. The fourth-order valence-corrected chi connectivity index (χ4v) is 2.68. The van der Waals surface area contributed by atoms with Crippen LogP contribution >= 0.6 is 24.8 Å². The van der Waals surface area contributed by atoms with Crippen LogP contribution in [0.15, 0.2) is 12.3 Å². The van der Waals surface area contributed by atoms with E-state index in [1.807, 2.05) is 24.7 Å². The maximum Gasteiger partial charge on any atom is 0.254 e. The number of hydrogen-bond acceptors (Lipinski definition) is 4. The van der Waals surface area contributed by atoms with E-state index in [0.717, 1.165) is 23.1 Å². The molecular formula is C18H31Cl2N5O. The second-order valence-electron chi connectivity index (χ2n) is 7.15. The zero-order chi connectivity index (χ0) is 18.0. The molecular weight excluding hydrogens is 373 g/mol. The monoisotopic (exact) mass is 403 g/mol. The highest BCUT2D eigenvalue weighted by atomic mass is 35.5. The van der Waals surface area contributed by atoms with Crippen LogP contribution in [0, 0.1) is 12.8 Å². The Morgan fingerprint density at radius 1 is 1.27 bits per heavy atom. The van der Waals surface area contributed by atoms with Gasteiger partial charge in [-0.1, -0.05) is 13.8 Å². The normalized spacial score (nSPS) is 12.0. The predicted octanol–water partition coefficient (Wildman–Crippen LogP) is 3.61. The quantitative estimate of drug-likeness (QED) is 0.798. The van der Waals surface area contributed by atoms with Crippen molar-refractivity contribution in [3.8, 4) is 0 Å². The average Bonchev–Trinajstić information content (AvgIpc) is 2.94. The van der Waals surface area contributed by atoms with Crippen LogP contribution in [-0.4, -0.2) is 45.2 Å². The summed E-state index contributed by atoms with van der Waals surface area (Å²) in [6.07, 6.45) is 2.53. The second-order valence-corrected chi connectivity index (χ2v) is 7.15. The van der Waals surface area contributed by atoms with Crippen molar-refractivity contribution >= 4 is 41.8 Å². The van der Waals surface area contributed by atoms with Crippen LogP contribution in [0.2, 0.25) is 0 Å². The third-order valence-electron chi connectivity index (χ3n) is 4.42. The molecule has 0 aliphatic rings. The predicted molar refractivity (Wildman–Crippen MR) is 112 cm³/mol. The first-order chi connectivity index (χ1) is 11.2. The van der Waals surface area contributed by atoms with E-state index in [0.29, 0.717) is 18.0 Å². The summed E-state index contributed by atoms with van der Waals surface area (Å²) in [6.45, 7) is 10.8. The minimum atomic E-state index is -0.00948. The van der Waals surface area contributed by atoms with Gasteiger partial charge in [-0.05, 0) is 39.2 Å². The molecule has 0 aliphatic heterocycles. The summed E-state index contributed by atoms with van der Waals surface area (Å²) in [4.78, 5) is 19.2. The van der Waals surface area contributed by atoms with Crippen LogP contribution in [0.4, 0.5) is 0 Å². The summed E-state index contributed by atoms with van der Waals surface area (Å²) in [5.74, 6) is 0.400. The lowest BCUT2D eigenvalue weighted by atomic mass is 10.0. The van der Waals surface area contributed by atoms with Gasteiger partial charge in [0.15, 0.2) is 5.65 Å². The zero-order valence-electron chi connectivity index (χ0n) is 16.4. The van der Waals surface area contributed by atoms with Crippen molar-refractivity contribution < 1.29 is 4.79 Å². The van der Waals surface area contributed by atoms with Gasteiger partial charge in [-0.3, -0.25) is 4.79 Å². The number of carbonyl (C=O) groups is 1. The van der Waals surface area contributed by atoms with Crippen LogP contribution in [-0.2, 0) is 0 Å². The molecule has 0 aliphatic carbocycles. The number of carbonyl (C=O) groups excluding carboxylic acids is 1. The highest BCUT2D eigenvalue weighted by Gasteiger charge is 2.20. The number of fused-ring (bicyclic) bond motifs is 1. The second kappa shape index (κ2) is 10.1. The summed E-state index contributed by atoms with van der Waals surface area (Å²) in [5.41, 5.74) is 8.34. The first kappa shape index (κ1) is 24.6. The molecule has 0 saturated heterocycles. The summed E-state index contributed by atoms with van der Waals surface area (Å²) in [7, 11) is 1.82. The first-order valence-corrected chi connectivity index (χ1v) is 8.58. The van der Waals surface area contributed by atoms with E-state index < -0.39 is 0 Å². The molecule has 1 atom stereocenters. The number of rotatable bonds is 6. The summed E-state index contributed by atoms with van der Waals surface area (Å²) in [5, 5.41) is 5.20. The summed E-state index contributed by atoms with van der Waals surface area (Å²) in [6, 6.07) is 2.14. The van der Waals surface area contributed by atoms with E-state index in [1.165, 1.54) is 0 Å². The Morgan fingerprint density at radius 2 is 1.88 bits per heavy atom. The van der Waals surface area contributed by atoms with Crippen molar-refractivity contribution in [3.63, 3.8) is 0 Å². The number of hydrogen-bond donors (Lipinski definition) is 1. The van der Waals surface area contributed by atoms with Crippen LogP contribution in [0.3, 0.4) is 0 Å². The van der Waals surface area contributed by atoms with E-state index in [-0.39, 0.29) is 42.8 Å². The van der Waals surface area contributed by atoms with Gasteiger partial charge in [0.05, 0.1) is 17.1 Å². The van der Waals surface area contributed by atoms with Crippen molar-refractivity contribution in [1.29, 1.82) is 0 Å². The molecule has 1 amide bonds. The minimum absolute atomic E-state index is 0. The third kappa shape index (κ3) is 5.32. The Labute approximate surface area is 168 Å². The summed E-state index contributed by atoms with van der Waals surface area (Å²) >= 11 is 0. The molecule has 148 valence electrons. The number of pyridine rings is 1. The molecule has 0 bridgehead atoms. The number of amides is 1. The van der Waals surface area contributed by atoms with Gasteiger partial charge in [-0.2, -0.15) is 5.10 Å². The fourth-order valence-electron chi connectivity index (χ4n) is 2.68. The zero-order valence-corrected chi connectivity index (χ0v) is 18.0. The van der Waals surface area contributed by atoms with Gasteiger partial charge < -0.3 is 10.6 Å². The van der Waals surface area contributed by atoms with Crippen molar-refractivity contribution in [2.75, 3.05) is 13.6 Å². The van der Waals surface area contributed by atoms with Crippen LogP contribution in [0.25, 0.3) is 11.0 Å². The number of halogens is 2. The van der Waals surface area contributed by atoms with E-state index >= 15 is 0 Å². The van der Waals surface area contributed by atoms with Crippen molar-refractivity contribution in [2.24, 2.45) is 11.7 Å². The van der Waals surface area contributed by atoms with Gasteiger partial charge in [-0.15, -0.1) is 24.8 Å². The molecule has 0 fully saturated rings. The average molecular weight is 404 g/mol. The molecule has 0 spiro atoms. The van der Waals surface area contributed by atoms with E-state index in [4.69, 9.17) is 5.73 Å². The summed E-state index contributed by atoms with van der Waals surface area (Å²) < 4.78 is 1.85. The highest BCUT2D eigenvalue weighted by molar-refractivity contribution is 6.05. The van der Waals surface area contributed by atoms with Crippen molar-refractivity contribution in [3.05, 3.63) is 23.5 Å². The Hall–Kier alpha value is -1.37. The number of nitrogens with two attached hydrogens (primary N) is 1. The SMILES string of the molecule is Cc1cc(C(=O)N(C)CCC(N)C(C)C)c2cnn(C(C)C)c2n1.Cl.Cl. The topological polar surface area (TPSA) is 77.0 Å². The number of aromatic nitrogens is 3. The lowest BCUT2D eigenvalue weighted by Crippen LogP contribution is -2.34. The van der Waals surface area contributed by atoms with E-state index in [1.54, 1.807) is 11.1 Å². The van der Waals surface area contributed by atoms with Gasteiger partial charge in [0, 0.05) is 31.4 Å². The van der Waals surface area contributed by atoms with E-state index in [2.05, 4.69) is 37.8 Å². The molecule has 0 radical (unpaired) electrons. The molecule has 1 unspecified atom stereocenters. The van der Waals surface area contributed by atoms with Crippen molar-refractivity contribution in [2.45, 2.75) is 53.1 Å². The lowest BCUT2D eigenvalue weighted by Gasteiger charge is -2.22. The largest absolute Gasteiger partial charge is 0.342 e. The van der Waals surface area contributed by atoms with Gasteiger partial charge in [0.1, 0.15) is 0 Å². The molecule has 2 rings (SSSR count). The van der Waals surface area contributed by atoms with Gasteiger partial charge in [0.2, 0.25) is 0 Å². The highest BCUT2D eigenvalue weighted by Crippen LogP contribution is 2.22. The molecule has 2 aromatic heterocycles. The molecule has 26 heavy (non-hydrogen) atoms. The smallest absolute Gasteiger partial charge is 0.254 e. The Bertz CT molecular complexity index is 730. The molecule has 8 heteroatoms. The molecule has 0 saturated carbocycles. The fraction of sp³-hybridized carbons (Fsp3) is 0.611. The Morgan fingerprint density at radius 3 is 2.42 bits per heavy atom. The Kier molecular flexibility index (Phi) is 9.56. The standard InChI is InChI=1S/C18H29N5O.2ClH/c1-11(2)16(19)7-8-22(6)18(24)14-9-13(5)21-17-15(14)10-20-23(17)12(3)4;;/h9-12,16H,7-8,19H2,1-6H3;2*1H. The van der Waals surface area contributed by atoms with Crippen molar-refractivity contribution in [1.82, 2.24) is 19.7 Å². The van der Waals surface area contributed by atoms with Crippen LogP contribution in [0.1, 0.15) is 56.2 Å². The van der Waals surface area contributed by atoms with Gasteiger partial charge in [0.25, 0.3) is 5.91 Å². The van der Waals surface area contributed by atoms with Crippen LogP contribution < -0.4 is 5.73 Å². The first-order valence-electron chi connectivity index (χ1n) is 8.58. The van der Waals surface area contributed by atoms with Crippen LogP contribution in [0.5, 0.6) is 0 Å². The van der Waals surface area contributed by atoms with Gasteiger partial charge in [-0.25, -0.2) is 9.67 Å². The molecule has 2 heterocycles. The molecule has 2 aromatic rings. The number of nitrogens with zero attached hydrogens (tertiary/aromatic N) is 4. The Balaban J connectivity index is 0.00000312. The molecule has 6 nitrogen and oxygen atoms in total. The maximum atomic E-state index is 12.9. The molecule has 2 N–H and O–H groups in total. The third-order valence-corrected chi connectivity index (χ3v) is 4.42. The van der Waals surface area contributed by atoms with E-state index in [9.17, 15) is 4.79 Å². The lowest BCUT2D eigenvalue weighted by molar-refractivity contribution is 0.0791.